The fraction of sp³-hybridized carbons (Fsp3) is 0.529. The number of benzene rings is 1. The van der Waals surface area contributed by atoms with Gasteiger partial charge in [0, 0.05) is 18.6 Å². The average Bonchev–Trinajstić information content (AvgIpc) is 2.49. The molecule has 2 aliphatic carbocycles. The highest BCUT2D eigenvalue weighted by atomic mass is 16.5. The fourth-order valence-electron chi connectivity index (χ4n) is 3.85. The van der Waals surface area contributed by atoms with Gasteiger partial charge in [0.2, 0.25) is 0 Å². The Labute approximate surface area is 140 Å². The summed E-state index contributed by atoms with van der Waals surface area (Å²) in [5.74, 6) is 0.791. The first-order valence-corrected chi connectivity index (χ1v) is 8.15. The van der Waals surface area contributed by atoms with E-state index >= 15 is 0 Å². The van der Waals surface area contributed by atoms with Crippen LogP contribution in [0.5, 0.6) is 5.75 Å². The van der Waals surface area contributed by atoms with Gasteiger partial charge in [-0.3, -0.25) is 0 Å². The van der Waals surface area contributed by atoms with E-state index in [1.807, 2.05) is 24.3 Å². The number of methoxy groups -OCH3 is 1. The van der Waals surface area contributed by atoms with Crippen molar-refractivity contribution in [1.29, 1.82) is 0 Å². The van der Waals surface area contributed by atoms with Gasteiger partial charge in [0.1, 0.15) is 5.75 Å². The molecule has 4 N–H and O–H groups in total. The molecule has 130 valence electrons. The molecule has 0 bridgehead atoms. The molecule has 0 unspecified atom stereocenters. The third-order valence-corrected chi connectivity index (χ3v) is 4.99. The summed E-state index contributed by atoms with van der Waals surface area (Å²) in [6.07, 6.45) is 2.67. The lowest BCUT2D eigenvalue weighted by atomic mass is 9.52. The van der Waals surface area contributed by atoms with Crippen molar-refractivity contribution in [3.05, 3.63) is 29.8 Å². The maximum absolute atomic E-state index is 11.9. The van der Waals surface area contributed by atoms with E-state index in [9.17, 15) is 9.59 Å². The molecule has 2 fully saturated rings. The molecule has 3 rings (SSSR count). The molecule has 2 aliphatic rings. The third kappa shape index (κ3) is 3.72. The van der Waals surface area contributed by atoms with Gasteiger partial charge in [0.25, 0.3) is 0 Å². The van der Waals surface area contributed by atoms with Gasteiger partial charge in [0.15, 0.2) is 0 Å². The van der Waals surface area contributed by atoms with Gasteiger partial charge in [-0.1, -0.05) is 12.1 Å². The smallest absolute Gasteiger partial charge is 0.404 e. The number of amides is 3. The van der Waals surface area contributed by atoms with Gasteiger partial charge in [-0.15, -0.1) is 0 Å². The second kappa shape index (κ2) is 6.59. The van der Waals surface area contributed by atoms with E-state index in [4.69, 9.17) is 9.84 Å². The van der Waals surface area contributed by atoms with Gasteiger partial charge in [-0.05, 0) is 48.8 Å². The minimum absolute atomic E-state index is 0.0762. The van der Waals surface area contributed by atoms with Crippen molar-refractivity contribution in [2.75, 3.05) is 7.11 Å². The van der Waals surface area contributed by atoms with Crippen LogP contribution in [-0.2, 0) is 6.54 Å². The SMILES string of the molecule is COc1ccc(CNC(=O)NC2CC3(CC(NC(=O)O)C3)C2)cc1. The van der Waals surface area contributed by atoms with E-state index in [1.165, 1.54) is 0 Å². The Kier molecular flexibility index (Phi) is 4.51. The van der Waals surface area contributed by atoms with Crippen molar-refractivity contribution < 1.29 is 19.4 Å². The summed E-state index contributed by atoms with van der Waals surface area (Å²) in [4.78, 5) is 22.5. The van der Waals surface area contributed by atoms with Crippen molar-refractivity contribution >= 4 is 12.1 Å². The van der Waals surface area contributed by atoms with Crippen LogP contribution in [0.15, 0.2) is 24.3 Å². The summed E-state index contributed by atoms with van der Waals surface area (Å²) < 4.78 is 5.10. The molecule has 1 aromatic rings. The van der Waals surface area contributed by atoms with Crippen LogP contribution in [0.25, 0.3) is 0 Å². The Bertz CT molecular complexity index is 603. The number of hydrogen-bond donors (Lipinski definition) is 4. The van der Waals surface area contributed by atoms with Crippen LogP contribution in [0.2, 0.25) is 0 Å². The number of carbonyl (C=O) groups is 2. The van der Waals surface area contributed by atoms with Gasteiger partial charge in [-0.25, -0.2) is 9.59 Å². The molecule has 7 nitrogen and oxygen atoms in total. The van der Waals surface area contributed by atoms with Crippen molar-refractivity contribution in [2.45, 2.75) is 44.3 Å². The summed E-state index contributed by atoms with van der Waals surface area (Å²) in [6.45, 7) is 0.471. The lowest BCUT2D eigenvalue weighted by Gasteiger charge is -2.57. The van der Waals surface area contributed by atoms with E-state index in [0.717, 1.165) is 37.0 Å². The summed E-state index contributed by atoms with van der Waals surface area (Å²) in [6, 6.07) is 7.66. The van der Waals surface area contributed by atoms with Crippen molar-refractivity contribution in [2.24, 2.45) is 5.41 Å². The minimum Gasteiger partial charge on any atom is -0.497 e. The summed E-state index contributed by atoms with van der Waals surface area (Å²) in [5, 5.41) is 17.0. The molecular weight excluding hydrogens is 310 g/mol. The number of urea groups is 1. The lowest BCUT2D eigenvalue weighted by molar-refractivity contribution is -0.0237. The maximum atomic E-state index is 11.9. The van der Waals surface area contributed by atoms with Gasteiger partial charge in [0.05, 0.1) is 7.11 Å². The molecule has 3 amide bonds. The van der Waals surface area contributed by atoms with Crippen LogP contribution in [-0.4, -0.2) is 36.4 Å². The standard InChI is InChI=1S/C17H23N3O4/c1-24-14-4-2-11(3-5-14)10-18-15(21)19-12-6-17(7-12)8-13(9-17)20-16(22)23/h2-5,12-13,20H,6-10H2,1H3,(H,22,23)(H2,18,19,21). The molecule has 1 spiro atoms. The predicted molar refractivity (Wildman–Crippen MR) is 88.0 cm³/mol. The zero-order valence-corrected chi connectivity index (χ0v) is 13.7. The quantitative estimate of drug-likeness (QED) is 0.663. The third-order valence-electron chi connectivity index (χ3n) is 4.99. The summed E-state index contributed by atoms with van der Waals surface area (Å²) >= 11 is 0. The molecule has 0 heterocycles. The van der Waals surface area contributed by atoms with Crippen LogP contribution >= 0.6 is 0 Å². The van der Waals surface area contributed by atoms with Crippen molar-refractivity contribution in [3.8, 4) is 5.75 Å². The molecule has 0 aromatic heterocycles. The number of carboxylic acid groups (broad SMARTS) is 1. The average molecular weight is 333 g/mol. The number of rotatable bonds is 5. The molecule has 0 radical (unpaired) electrons. The summed E-state index contributed by atoms with van der Waals surface area (Å²) in [7, 11) is 1.62. The Morgan fingerprint density at radius 3 is 2.25 bits per heavy atom. The van der Waals surface area contributed by atoms with Gasteiger partial charge < -0.3 is 25.8 Å². The Hall–Kier alpha value is -2.44. The minimum atomic E-state index is -0.957. The Morgan fingerprint density at radius 2 is 1.71 bits per heavy atom. The molecule has 0 saturated heterocycles. The van der Waals surface area contributed by atoms with Crippen molar-refractivity contribution in [1.82, 2.24) is 16.0 Å². The molecule has 7 heteroatoms. The number of nitrogens with one attached hydrogen (secondary N) is 3. The van der Waals surface area contributed by atoms with E-state index < -0.39 is 6.09 Å². The fourth-order valence-corrected chi connectivity index (χ4v) is 3.85. The number of carbonyl (C=O) groups excluding carboxylic acids is 1. The van der Waals surface area contributed by atoms with Crippen LogP contribution in [0.1, 0.15) is 31.2 Å². The molecule has 1 aromatic carbocycles. The molecule has 2 saturated carbocycles. The van der Waals surface area contributed by atoms with Crippen LogP contribution in [0, 0.1) is 5.41 Å². The molecule has 0 aliphatic heterocycles. The van der Waals surface area contributed by atoms with Gasteiger partial charge >= 0.3 is 12.1 Å². The van der Waals surface area contributed by atoms with Crippen molar-refractivity contribution in [3.63, 3.8) is 0 Å². The highest BCUT2D eigenvalue weighted by Crippen LogP contribution is 2.55. The lowest BCUT2D eigenvalue weighted by Crippen LogP contribution is -2.61. The highest BCUT2D eigenvalue weighted by molar-refractivity contribution is 5.74. The van der Waals surface area contributed by atoms with Crippen LogP contribution in [0.4, 0.5) is 9.59 Å². The Morgan fingerprint density at radius 1 is 1.12 bits per heavy atom. The van der Waals surface area contributed by atoms with Gasteiger partial charge in [-0.2, -0.15) is 0 Å². The van der Waals surface area contributed by atoms with Crippen LogP contribution in [0.3, 0.4) is 0 Å². The van der Waals surface area contributed by atoms with E-state index in [1.54, 1.807) is 7.11 Å². The number of hydrogen-bond acceptors (Lipinski definition) is 3. The second-order valence-electron chi connectivity index (χ2n) is 6.83. The van der Waals surface area contributed by atoms with E-state index in [-0.39, 0.29) is 23.5 Å². The maximum Gasteiger partial charge on any atom is 0.404 e. The topological polar surface area (TPSA) is 99.7 Å². The second-order valence-corrected chi connectivity index (χ2v) is 6.83. The normalized spacial score (nSPS) is 27.5. The van der Waals surface area contributed by atoms with E-state index in [2.05, 4.69) is 16.0 Å². The van der Waals surface area contributed by atoms with E-state index in [0.29, 0.717) is 6.54 Å². The highest BCUT2D eigenvalue weighted by Gasteiger charge is 2.53. The monoisotopic (exact) mass is 333 g/mol. The first-order valence-electron chi connectivity index (χ1n) is 8.15. The zero-order chi connectivity index (χ0) is 17.2. The summed E-state index contributed by atoms with van der Waals surface area (Å²) in [5.41, 5.74) is 1.25. The zero-order valence-electron chi connectivity index (χ0n) is 13.7. The Balaban J connectivity index is 1.33. The first kappa shape index (κ1) is 16.4. The molecular formula is C17H23N3O4. The largest absolute Gasteiger partial charge is 0.497 e. The first-order chi connectivity index (χ1) is 11.5. The van der Waals surface area contributed by atoms with Crippen LogP contribution < -0.4 is 20.7 Å². The molecule has 0 atom stereocenters. The molecule has 24 heavy (non-hydrogen) atoms. The predicted octanol–water partition coefficient (Wildman–Crippen LogP) is 2.07. The number of ether oxygens (including phenoxy) is 1.